The lowest BCUT2D eigenvalue weighted by Crippen LogP contribution is -2.56. The second-order valence-corrected chi connectivity index (χ2v) is 8.05. The van der Waals surface area contributed by atoms with Gasteiger partial charge in [-0.15, -0.1) is 0 Å². The molecule has 1 N–H and O–H groups in total. The van der Waals surface area contributed by atoms with Crippen LogP contribution < -0.4 is 5.32 Å². The predicted molar refractivity (Wildman–Crippen MR) is 110 cm³/mol. The van der Waals surface area contributed by atoms with Gasteiger partial charge in [0.25, 0.3) is 0 Å². The maximum absolute atomic E-state index is 12.9. The first-order chi connectivity index (χ1) is 15.1. The summed E-state index contributed by atoms with van der Waals surface area (Å²) in [4.78, 5) is 29.4. The van der Waals surface area contributed by atoms with Gasteiger partial charge in [-0.05, 0) is 45.7 Å². The fourth-order valence-electron chi connectivity index (χ4n) is 4.11. The SMILES string of the molecule is CCOC(=O)C1(NC(=O)Cc2c(C)nn(-c3ccc(C(F)(F)F)cn3)c2C)CCCCC1. The van der Waals surface area contributed by atoms with Gasteiger partial charge in [-0.1, -0.05) is 19.3 Å². The van der Waals surface area contributed by atoms with Crippen molar-refractivity contribution in [2.45, 2.75) is 71.0 Å². The molecule has 0 unspecified atom stereocenters. The van der Waals surface area contributed by atoms with E-state index in [1.165, 1.54) is 10.7 Å². The molecule has 2 aromatic rings. The summed E-state index contributed by atoms with van der Waals surface area (Å²) in [6.07, 6.45) is -0.0122. The van der Waals surface area contributed by atoms with Gasteiger partial charge in [0.2, 0.25) is 5.91 Å². The first kappa shape index (κ1) is 23.7. The molecule has 1 aliphatic rings. The molecule has 1 fully saturated rings. The van der Waals surface area contributed by atoms with Gasteiger partial charge < -0.3 is 10.1 Å². The van der Waals surface area contributed by atoms with Crippen LogP contribution in [0.5, 0.6) is 0 Å². The molecule has 0 spiro atoms. The minimum atomic E-state index is -4.47. The zero-order chi connectivity index (χ0) is 23.5. The molecule has 32 heavy (non-hydrogen) atoms. The minimum Gasteiger partial charge on any atom is -0.464 e. The fourth-order valence-corrected chi connectivity index (χ4v) is 4.11. The van der Waals surface area contributed by atoms with Crippen LogP contribution in [0.3, 0.4) is 0 Å². The number of amides is 1. The Morgan fingerprint density at radius 3 is 2.44 bits per heavy atom. The molecule has 3 rings (SSSR count). The Kier molecular flexibility index (Phi) is 6.90. The zero-order valence-corrected chi connectivity index (χ0v) is 18.4. The van der Waals surface area contributed by atoms with Crippen molar-refractivity contribution in [1.82, 2.24) is 20.1 Å². The molecule has 2 heterocycles. The van der Waals surface area contributed by atoms with Gasteiger partial charge in [0.1, 0.15) is 5.54 Å². The molecule has 0 radical (unpaired) electrons. The van der Waals surface area contributed by atoms with Crippen molar-refractivity contribution in [3.05, 3.63) is 40.8 Å². The lowest BCUT2D eigenvalue weighted by Gasteiger charge is -2.35. The number of rotatable bonds is 6. The first-order valence-corrected chi connectivity index (χ1v) is 10.6. The minimum absolute atomic E-state index is 0.0144. The number of carbonyl (C=O) groups excluding carboxylic acids is 2. The van der Waals surface area contributed by atoms with Crippen LogP contribution in [0, 0.1) is 13.8 Å². The number of carbonyl (C=O) groups is 2. The van der Waals surface area contributed by atoms with Gasteiger partial charge in [-0.3, -0.25) is 4.79 Å². The average Bonchev–Trinajstić information content (AvgIpc) is 3.02. The molecule has 1 aliphatic carbocycles. The first-order valence-electron chi connectivity index (χ1n) is 10.6. The number of alkyl halides is 3. The zero-order valence-electron chi connectivity index (χ0n) is 18.4. The summed E-state index contributed by atoms with van der Waals surface area (Å²) in [5.41, 5.74) is -0.0666. The molecule has 2 aromatic heterocycles. The lowest BCUT2D eigenvalue weighted by molar-refractivity contribution is -0.155. The van der Waals surface area contributed by atoms with Crippen LogP contribution >= 0.6 is 0 Å². The normalized spacial score (nSPS) is 15.9. The molecule has 1 saturated carbocycles. The standard InChI is InChI=1S/C22H27F3N4O3/c1-4-32-20(31)21(10-6-5-7-11-21)27-19(30)12-17-14(2)28-29(15(17)3)18-9-8-16(13-26-18)22(23,24)25/h8-9,13H,4-7,10-12H2,1-3H3,(H,27,30). The van der Waals surface area contributed by atoms with E-state index in [1.807, 2.05) is 0 Å². The third-order valence-electron chi connectivity index (χ3n) is 5.82. The molecule has 0 aromatic carbocycles. The van der Waals surface area contributed by atoms with E-state index in [2.05, 4.69) is 15.4 Å². The Hall–Kier alpha value is -2.91. The Balaban J connectivity index is 1.80. The largest absolute Gasteiger partial charge is 0.464 e. The highest BCUT2D eigenvalue weighted by Crippen LogP contribution is 2.31. The van der Waals surface area contributed by atoms with Gasteiger partial charge in [0, 0.05) is 17.5 Å². The van der Waals surface area contributed by atoms with Crippen molar-refractivity contribution in [1.29, 1.82) is 0 Å². The van der Waals surface area contributed by atoms with E-state index in [4.69, 9.17) is 4.74 Å². The summed E-state index contributed by atoms with van der Waals surface area (Å²) in [6, 6.07) is 2.18. The van der Waals surface area contributed by atoms with Crippen LogP contribution in [0.4, 0.5) is 13.2 Å². The van der Waals surface area contributed by atoms with Crippen LogP contribution in [0.2, 0.25) is 0 Å². The highest BCUT2D eigenvalue weighted by atomic mass is 19.4. The van der Waals surface area contributed by atoms with E-state index < -0.39 is 23.2 Å². The van der Waals surface area contributed by atoms with E-state index in [0.29, 0.717) is 29.8 Å². The number of nitrogens with one attached hydrogen (secondary N) is 1. The number of hydrogen-bond donors (Lipinski definition) is 1. The summed E-state index contributed by atoms with van der Waals surface area (Å²) in [5.74, 6) is -0.516. The number of hydrogen-bond acceptors (Lipinski definition) is 5. The number of pyridine rings is 1. The Labute approximate surface area is 184 Å². The van der Waals surface area contributed by atoms with E-state index in [0.717, 1.165) is 31.5 Å². The molecule has 10 heteroatoms. The third-order valence-corrected chi connectivity index (χ3v) is 5.82. The number of esters is 1. The predicted octanol–water partition coefficient (Wildman–Crippen LogP) is 3.83. The van der Waals surface area contributed by atoms with Gasteiger partial charge in [0.05, 0.1) is 24.3 Å². The van der Waals surface area contributed by atoms with Crippen molar-refractivity contribution in [3.63, 3.8) is 0 Å². The van der Waals surface area contributed by atoms with E-state index in [9.17, 15) is 22.8 Å². The van der Waals surface area contributed by atoms with E-state index in [1.54, 1.807) is 20.8 Å². The third kappa shape index (κ3) is 4.94. The summed E-state index contributed by atoms with van der Waals surface area (Å²) in [7, 11) is 0. The fraction of sp³-hybridized carbons (Fsp3) is 0.545. The number of nitrogens with zero attached hydrogens (tertiary/aromatic N) is 3. The van der Waals surface area contributed by atoms with E-state index in [-0.39, 0.29) is 24.8 Å². The van der Waals surface area contributed by atoms with Gasteiger partial charge >= 0.3 is 12.1 Å². The Morgan fingerprint density at radius 2 is 1.88 bits per heavy atom. The lowest BCUT2D eigenvalue weighted by atomic mass is 9.81. The highest BCUT2D eigenvalue weighted by molar-refractivity contribution is 5.89. The summed E-state index contributed by atoms with van der Waals surface area (Å²) >= 11 is 0. The number of halogens is 3. The summed E-state index contributed by atoms with van der Waals surface area (Å²) in [5, 5.41) is 7.26. The molecule has 174 valence electrons. The average molecular weight is 452 g/mol. The second kappa shape index (κ2) is 9.30. The number of aromatic nitrogens is 3. The molecule has 0 aliphatic heterocycles. The van der Waals surface area contributed by atoms with Crippen molar-refractivity contribution < 1.29 is 27.5 Å². The van der Waals surface area contributed by atoms with Crippen molar-refractivity contribution in [2.24, 2.45) is 0 Å². The molecular formula is C22H27F3N4O3. The Morgan fingerprint density at radius 1 is 1.19 bits per heavy atom. The number of ether oxygens (including phenoxy) is 1. The van der Waals surface area contributed by atoms with E-state index >= 15 is 0 Å². The van der Waals surface area contributed by atoms with Crippen molar-refractivity contribution in [2.75, 3.05) is 6.61 Å². The highest BCUT2D eigenvalue weighted by Gasteiger charge is 2.42. The Bertz CT molecular complexity index is 978. The van der Waals surface area contributed by atoms with Gasteiger partial charge in [-0.2, -0.15) is 18.3 Å². The quantitative estimate of drug-likeness (QED) is 0.674. The van der Waals surface area contributed by atoms with Crippen LogP contribution in [0.15, 0.2) is 18.3 Å². The molecule has 1 amide bonds. The van der Waals surface area contributed by atoms with Crippen LogP contribution in [0.25, 0.3) is 5.82 Å². The molecule has 0 bridgehead atoms. The number of aryl methyl sites for hydroxylation is 1. The van der Waals surface area contributed by atoms with Crippen LogP contribution in [-0.2, 0) is 26.9 Å². The van der Waals surface area contributed by atoms with Gasteiger partial charge in [0.15, 0.2) is 5.82 Å². The topological polar surface area (TPSA) is 86.1 Å². The summed E-state index contributed by atoms with van der Waals surface area (Å²) in [6.45, 7) is 5.41. The van der Waals surface area contributed by atoms with Gasteiger partial charge in [-0.25, -0.2) is 14.5 Å². The maximum atomic E-state index is 12.9. The summed E-state index contributed by atoms with van der Waals surface area (Å²) < 4.78 is 45.0. The second-order valence-electron chi connectivity index (χ2n) is 8.05. The molecule has 0 saturated heterocycles. The van der Waals surface area contributed by atoms with Crippen molar-refractivity contribution in [3.8, 4) is 5.82 Å². The van der Waals surface area contributed by atoms with Crippen molar-refractivity contribution >= 4 is 11.9 Å². The monoisotopic (exact) mass is 452 g/mol. The molecular weight excluding hydrogens is 425 g/mol. The smallest absolute Gasteiger partial charge is 0.417 e. The van der Waals surface area contributed by atoms with Crippen LogP contribution in [0.1, 0.15) is 61.5 Å². The maximum Gasteiger partial charge on any atom is 0.417 e. The molecule has 0 atom stereocenters. The molecule has 7 nitrogen and oxygen atoms in total. The van der Waals surface area contributed by atoms with Crippen LogP contribution in [-0.4, -0.2) is 38.8 Å².